The zero-order valence-corrected chi connectivity index (χ0v) is 18.6. The maximum atomic E-state index is 13.0. The first-order valence-electron chi connectivity index (χ1n) is 11.5. The third-order valence-electron chi connectivity index (χ3n) is 6.02. The van der Waals surface area contributed by atoms with Gasteiger partial charge in [-0.05, 0) is 43.4 Å². The maximum absolute atomic E-state index is 13.0. The summed E-state index contributed by atoms with van der Waals surface area (Å²) in [4.78, 5) is 29.9. The number of nitrogens with one attached hydrogen (secondary N) is 2. The number of benzene rings is 1. The van der Waals surface area contributed by atoms with Gasteiger partial charge in [-0.15, -0.1) is 0 Å². The van der Waals surface area contributed by atoms with Crippen LogP contribution < -0.4 is 10.6 Å². The lowest BCUT2D eigenvalue weighted by molar-refractivity contribution is 0.0757. The average Bonchev–Trinajstić information content (AvgIpc) is 3.45. The van der Waals surface area contributed by atoms with Gasteiger partial charge in [0.1, 0.15) is 5.58 Å². The van der Waals surface area contributed by atoms with E-state index in [1.165, 1.54) is 18.3 Å². The Kier molecular flexibility index (Phi) is 7.55. The molecule has 0 spiro atoms. The molecule has 2 aromatic heterocycles. The van der Waals surface area contributed by atoms with Crippen molar-refractivity contribution in [1.29, 1.82) is 0 Å². The van der Waals surface area contributed by atoms with Crippen molar-refractivity contribution in [3.05, 3.63) is 60.4 Å². The van der Waals surface area contributed by atoms with Crippen molar-refractivity contribution in [1.82, 2.24) is 15.2 Å². The molecule has 1 aromatic carbocycles. The predicted molar refractivity (Wildman–Crippen MR) is 125 cm³/mol. The molecule has 7 nitrogen and oxygen atoms in total. The zero-order valence-electron chi connectivity index (χ0n) is 18.6. The number of fused-ring (bicyclic) bond motifs is 1. The van der Waals surface area contributed by atoms with Crippen LogP contribution in [0.2, 0.25) is 0 Å². The Balaban J connectivity index is 1.08. The summed E-state index contributed by atoms with van der Waals surface area (Å²) in [6.07, 6.45) is 7.56. The Bertz CT molecular complexity index is 1070. The van der Waals surface area contributed by atoms with E-state index in [9.17, 15) is 14.0 Å². The monoisotopic (exact) mass is 452 g/mol. The normalized spacial score (nSPS) is 15.7. The molecule has 1 unspecified atom stereocenters. The summed E-state index contributed by atoms with van der Waals surface area (Å²) in [7, 11) is 0. The van der Waals surface area contributed by atoms with E-state index in [0.717, 1.165) is 62.6 Å². The number of unbranched alkanes of at least 4 members (excludes halogenated alkanes) is 3. The highest BCUT2D eigenvalue weighted by Gasteiger charge is 2.28. The number of carbonyl (C=O) groups is 2. The van der Waals surface area contributed by atoms with Crippen molar-refractivity contribution in [2.45, 2.75) is 38.5 Å². The summed E-state index contributed by atoms with van der Waals surface area (Å²) >= 11 is 0. The minimum atomic E-state index is -0.628. The quantitative estimate of drug-likeness (QED) is 0.345. The summed E-state index contributed by atoms with van der Waals surface area (Å²) < 4.78 is 18.8. The van der Waals surface area contributed by atoms with Gasteiger partial charge in [-0.2, -0.15) is 4.39 Å². The molecule has 1 atom stereocenters. The molecular weight excluding hydrogens is 423 g/mol. The van der Waals surface area contributed by atoms with Crippen LogP contribution in [-0.4, -0.2) is 41.5 Å². The average molecular weight is 453 g/mol. The van der Waals surface area contributed by atoms with E-state index < -0.39 is 5.95 Å². The van der Waals surface area contributed by atoms with Crippen molar-refractivity contribution < 1.29 is 18.4 Å². The van der Waals surface area contributed by atoms with E-state index >= 15 is 0 Å². The highest BCUT2D eigenvalue weighted by Crippen LogP contribution is 2.26. The van der Waals surface area contributed by atoms with Crippen LogP contribution in [0, 0.1) is 11.9 Å². The fourth-order valence-corrected chi connectivity index (χ4v) is 4.26. The molecule has 0 radical (unpaired) electrons. The molecule has 8 heteroatoms. The number of aromatic nitrogens is 1. The van der Waals surface area contributed by atoms with E-state index in [0.29, 0.717) is 23.9 Å². The second-order valence-corrected chi connectivity index (χ2v) is 8.51. The lowest BCUT2D eigenvalue weighted by Gasteiger charge is -2.15. The summed E-state index contributed by atoms with van der Waals surface area (Å²) in [5.41, 5.74) is 1.12. The first-order chi connectivity index (χ1) is 16.1. The summed E-state index contributed by atoms with van der Waals surface area (Å²) in [5, 5.41) is 6.32. The summed E-state index contributed by atoms with van der Waals surface area (Å²) in [6, 6.07) is 11.9. The predicted octanol–water partition coefficient (Wildman–Crippen LogP) is 5.20. The van der Waals surface area contributed by atoms with Gasteiger partial charge >= 0.3 is 6.03 Å². The van der Waals surface area contributed by atoms with Crippen molar-refractivity contribution in [3.63, 3.8) is 0 Å². The standard InChI is InChI=1S/C25H29FN4O3/c26-23-16-20(10-13-27-23)29-25(32)28-12-6-2-1-3-7-18-11-14-30(17-18)24(31)22-15-19-8-4-5-9-21(19)33-22/h4-5,8-10,13,15-16,18H,1-3,6-7,11-12,14,17H2,(H2,27,28,29,32). The number of pyridine rings is 1. The Hall–Kier alpha value is -3.42. The number of nitrogens with zero attached hydrogens (tertiary/aromatic N) is 2. The van der Waals surface area contributed by atoms with Gasteiger partial charge in [-0.1, -0.05) is 37.5 Å². The number of amides is 3. The molecule has 0 saturated carbocycles. The number of urea groups is 1. The topological polar surface area (TPSA) is 87.5 Å². The molecule has 3 aromatic rings. The van der Waals surface area contributed by atoms with Crippen LogP contribution in [0.15, 0.2) is 53.1 Å². The number of anilines is 1. The maximum Gasteiger partial charge on any atom is 0.319 e. The van der Waals surface area contributed by atoms with Crippen LogP contribution in [-0.2, 0) is 0 Å². The van der Waals surface area contributed by atoms with Gasteiger partial charge in [0.2, 0.25) is 5.95 Å². The zero-order chi connectivity index (χ0) is 23.0. The lowest BCUT2D eigenvalue weighted by Crippen LogP contribution is -2.29. The van der Waals surface area contributed by atoms with Gasteiger partial charge in [-0.3, -0.25) is 4.79 Å². The first-order valence-corrected chi connectivity index (χ1v) is 11.5. The SMILES string of the molecule is O=C(NCCCCCCC1CCN(C(=O)c2cc3ccccc3o2)C1)Nc1ccnc(F)c1. The Labute approximate surface area is 192 Å². The molecule has 1 aliphatic heterocycles. The van der Waals surface area contributed by atoms with Crippen LogP contribution in [0.5, 0.6) is 0 Å². The molecule has 33 heavy (non-hydrogen) atoms. The van der Waals surface area contributed by atoms with Crippen LogP contribution in [0.3, 0.4) is 0 Å². The van der Waals surface area contributed by atoms with Gasteiger partial charge in [0, 0.05) is 43.0 Å². The van der Waals surface area contributed by atoms with Gasteiger partial charge in [-0.25, -0.2) is 9.78 Å². The lowest BCUT2D eigenvalue weighted by atomic mass is 10.00. The second-order valence-electron chi connectivity index (χ2n) is 8.51. The van der Waals surface area contributed by atoms with E-state index in [4.69, 9.17) is 4.42 Å². The van der Waals surface area contributed by atoms with Crippen LogP contribution in [0.1, 0.15) is 49.1 Å². The van der Waals surface area contributed by atoms with E-state index in [2.05, 4.69) is 15.6 Å². The number of likely N-dealkylation sites (tertiary alicyclic amines) is 1. The van der Waals surface area contributed by atoms with Crippen molar-refractivity contribution in [2.24, 2.45) is 5.92 Å². The number of rotatable bonds is 9. The molecule has 3 heterocycles. The molecule has 1 aliphatic rings. The molecule has 0 aliphatic carbocycles. The van der Waals surface area contributed by atoms with Gasteiger partial charge in [0.25, 0.3) is 5.91 Å². The molecule has 4 rings (SSSR count). The minimum absolute atomic E-state index is 0.0208. The highest BCUT2D eigenvalue weighted by atomic mass is 19.1. The van der Waals surface area contributed by atoms with Crippen molar-refractivity contribution >= 4 is 28.6 Å². The number of furan rings is 1. The Morgan fingerprint density at radius 3 is 2.82 bits per heavy atom. The third kappa shape index (κ3) is 6.31. The molecule has 1 fully saturated rings. The number of hydrogen-bond donors (Lipinski definition) is 2. The molecule has 0 bridgehead atoms. The second kappa shape index (κ2) is 10.9. The van der Waals surface area contributed by atoms with Gasteiger partial charge in [0.05, 0.1) is 0 Å². The number of hydrogen-bond acceptors (Lipinski definition) is 4. The highest BCUT2D eigenvalue weighted by molar-refractivity contribution is 5.96. The van der Waals surface area contributed by atoms with Gasteiger partial charge in [0.15, 0.2) is 5.76 Å². The molecule has 174 valence electrons. The van der Waals surface area contributed by atoms with Crippen molar-refractivity contribution in [2.75, 3.05) is 25.0 Å². The largest absolute Gasteiger partial charge is 0.451 e. The molecular formula is C25H29FN4O3. The molecule has 3 amide bonds. The first kappa shape index (κ1) is 22.8. The fraction of sp³-hybridized carbons (Fsp3) is 0.400. The fourth-order valence-electron chi connectivity index (χ4n) is 4.26. The Morgan fingerprint density at radius 2 is 1.97 bits per heavy atom. The number of halogens is 1. The van der Waals surface area contributed by atoms with E-state index in [1.54, 1.807) is 0 Å². The minimum Gasteiger partial charge on any atom is -0.451 e. The number of carbonyl (C=O) groups excluding carboxylic acids is 2. The summed E-state index contributed by atoms with van der Waals surface area (Å²) in [6.45, 7) is 2.14. The molecule has 2 N–H and O–H groups in total. The van der Waals surface area contributed by atoms with E-state index in [1.807, 2.05) is 35.2 Å². The van der Waals surface area contributed by atoms with Crippen LogP contribution in [0.25, 0.3) is 11.0 Å². The smallest absolute Gasteiger partial charge is 0.319 e. The number of para-hydroxylation sites is 1. The van der Waals surface area contributed by atoms with Gasteiger partial charge < -0.3 is 20.0 Å². The van der Waals surface area contributed by atoms with Crippen LogP contribution >= 0.6 is 0 Å². The summed E-state index contributed by atoms with van der Waals surface area (Å²) in [5.74, 6) is 0.301. The van der Waals surface area contributed by atoms with Crippen molar-refractivity contribution in [3.8, 4) is 0 Å². The third-order valence-corrected chi connectivity index (χ3v) is 6.02. The Morgan fingerprint density at radius 1 is 1.12 bits per heavy atom. The van der Waals surface area contributed by atoms with Crippen LogP contribution in [0.4, 0.5) is 14.9 Å². The van der Waals surface area contributed by atoms with E-state index in [-0.39, 0.29) is 11.9 Å². The molecule has 1 saturated heterocycles.